The average Bonchev–Trinajstić information content (AvgIpc) is 3.25. The highest BCUT2D eigenvalue weighted by Gasteiger charge is 2.21. The van der Waals surface area contributed by atoms with Gasteiger partial charge in [0.2, 0.25) is 5.89 Å². The lowest BCUT2D eigenvalue weighted by atomic mass is 10.2. The molecule has 132 valence electrons. The standard InChI is InChI=1S/C17H20N4O3S/c1-5-22-13-9-7-6-8-12(13)16-19-20-17(23-16)25-11(4)15-18-14(10(2)3)21-24-15/h6-11H,5H2,1-4H3. The van der Waals surface area contributed by atoms with E-state index in [4.69, 9.17) is 13.7 Å². The third kappa shape index (κ3) is 4.01. The lowest BCUT2D eigenvalue weighted by Crippen LogP contribution is -1.93. The molecule has 0 saturated heterocycles. The average molecular weight is 360 g/mol. The van der Waals surface area contributed by atoms with Crippen LogP contribution in [0.25, 0.3) is 11.5 Å². The van der Waals surface area contributed by atoms with Crippen molar-refractivity contribution in [2.45, 2.75) is 44.1 Å². The van der Waals surface area contributed by atoms with Crippen LogP contribution in [-0.2, 0) is 0 Å². The van der Waals surface area contributed by atoms with E-state index in [1.807, 2.05) is 52.0 Å². The number of rotatable bonds is 7. The summed E-state index contributed by atoms with van der Waals surface area (Å²) in [5.74, 6) is 2.60. The number of hydrogen-bond donors (Lipinski definition) is 0. The third-order valence-corrected chi connectivity index (χ3v) is 4.34. The van der Waals surface area contributed by atoms with Crippen LogP contribution in [0.15, 0.2) is 38.4 Å². The molecule has 25 heavy (non-hydrogen) atoms. The van der Waals surface area contributed by atoms with Gasteiger partial charge in [0.15, 0.2) is 5.82 Å². The van der Waals surface area contributed by atoms with Gasteiger partial charge in [-0.15, -0.1) is 10.2 Å². The molecule has 3 aromatic rings. The van der Waals surface area contributed by atoms with Crippen molar-refractivity contribution in [3.05, 3.63) is 36.0 Å². The van der Waals surface area contributed by atoms with Gasteiger partial charge in [-0.2, -0.15) is 4.98 Å². The van der Waals surface area contributed by atoms with Gasteiger partial charge < -0.3 is 13.7 Å². The molecular formula is C17H20N4O3S. The fourth-order valence-electron chi connectivity index (χ4n) is 2.14. The van der Waals surface area contributed by atoms with Gasteiger partial charge in [-0.1, -0.05) is 42.9 Å². The highest BCUT2D eigenvalue weighted by atomic mass is 32.2. The number of thioether (sulfide) groups is 1. The first-order chi connectivity index (χ1) is 12.1. The van der Waals surface area contributed by atoms with Crippen LogP contribution in [0.5, 0.6) is 5.75 Å². The van der Waals surface area contributed by atoms with Crippen LogP contribution >= 0.6 is 11.8 Å². The molecule has 0 fully saturated rings. The number of benzene rings is 1. The predicted molar refractivity (Wildman–Crippen MR) is 93.6 cm³/mol. The minimum atomic E-state index is -0.0876. The van der Waals surface area contributed by atoms with E-state index < -0.39 is 0 Å². The first kappa shape index (κ1) is 17.5. The van der Waals surface area contributed by atoms with E-state index in [0.29, 0.717) is 29.4 Å². The summed E-state index contributed by atoms with van der Waals surface area (Å²) in [7, 11) is 0. The van der Waals surface area contributed by atoms with Crippen LogP contribution in [0.2, 0.25) is 0 Å². The van der Waals surface area contributed by atoms with Crippen LogP contribution in [0.1, 0.15) is 50.6 Å². The Hall–Kier alpha value is -2.35. The Kier molecular flexibility index (Phi) is 5.37. The number of ether oxygens (including phenoxy) is 1. The van der Waals surface area contributed by atoms with Gasteiger partial charge in [-0.05, 0) is 26.0 Å². The van der Waals surface area contributed by atoms with Gasteiger partial charge in [-0.3, -0.25) is 0 Å². The summed E-state index contributed by atoms with van der Waals surface area (Å²) in [6.07, 6.45) is 0. The lowest BCUT2D eigenvalue weighted by molar-refractivity contribution is 0.340. The Balaban J connectivity index is 1.75. The quantitative estimate of drug-likeness (QED) is 0.569. The van der Waals surface area contributed by atoms with Crippen LogP contribution in [0.3, 0.4) is 0 Å². The zero-order valence-corrected chi connectivity index (χ0v) is 15.4. The maximum Gasteiger partial charge on any atom is 0.277 e. The van der Waals surface area contributed by atoms with Crippen molar-refractivity contribution in [3.8, 4) is 17.2 Å². The van der Waals surface area contributed by atoms with Crippen molar-refractivity contribution in [1.82, 2.24) is 20.3 Å². The molecule has 0 spiro atoms. The van der Waals surface area contributed by atoms with E-state index in [9.17, 15) is 0 Å². The van der Waals surface area contributed by atoms with E-state index in [2.05, 4.69) is 20.3 Å². The van der Waals surface area contributed by atoms with Gasteiger partial charge in [0.05, 0.1) is 17.4 Å². The Morgan fingerprint density at radius 3 is 2.68 bits per heavy atom. The SMILES string of the molecule is CCOc1ccccc1-c1nnc(SC(C)c2nc(C(C)C)no2)o1. The first-order valence-corrected chi connectivity index (χ1v) is 9.02. The van der Waals surface area contributed by atoms with Crippen molar-refractivity contribution in [2.24, 2.45) is 0 Å². The topological polar surface area (TPSA) is 87.1 Å². The van der Waals surface area contributed by atoms with Crippen LogP contribution in [-0.4, -0.2) is 26.9 Å². The molecule has 0 aliphatic heterocycles. The molecule has 0 radical (unpaired) electrons. The van der Waals surface area contributed by atoms with Crippen molar-refractivity contribution >= 4 is 11.8 Å². The Labute approximate surface area is 150 Å². The lowest BCUT2D eigenvalue weighted by Gasteiger charge is -2.06. The van der Waals surface area contributed by atoms with E-state index in [1.165, 1.54) is 11.8 Å². The summed E-state index contributed by atoms with van der Waals surface area (Å²) in [4.78, 5) is 4.40. The maximum absolute atomic E-state index is 5.77. The van der Waals surface area contributed by atoms with Gasteiger partial charge in [-0.25, -0.2) is 0 Å². The van der Waals surface area contributed by atoms with E-state index in [-0.39, 0.29) is 11.2 Å². The fourth-order valence-corrected chi connectivity index (χ4v) is 2.85. The zero-order valence-electron chi connectivity index (χ0n) is 14.6. The molecule has 2 aromatic heterocycles. The summed E-state index contributed by atoms with van der Waals surface area (Å²) in [6, 6.07) is 7.58. The molecule has 0 saturated carbocycles. The largest absolute Gasteiger partial charge is 0.493 e. The highest BCUT2D eigenvalue weighted by molar-refractivity contribution is 7.99. The summed E-state index contributed by atoms with van der Waals surface area (Å²) in [6.45, 7) is 8.50. The molecule has 0 aliphatic carbocycles. The molecule has 1 unspecified atom stereocenters. The smallest absolute Gasteiger partial charge is 0.277 e. The summed E-state index contributed by atoms with van der Waals surface area (Å²) in [5.41, 5.74) is 0.774. The summed E-state index contributed by atoms with van der Waals surface area (Å²) < 4.78 is 16.7. The van der Waals surface area contributed by atoms with Crippen molar-refractivity contribution in [2.75, 3.05) is 6.61 Å². The minimum absolute atomic E-state index is 0.0876. The predicted octanol–water partition coefficient (Wildman–Crippen LogP) is 4.50. The fraction of sp³-hybridized carbons (Fsp3) is 0.412. The molecule has 0 N–H and O–H groups in total. The second kappa shape index (κ2) is 7.69. The van der Waals surface area contributed by atoms with Crippen molar-refractivity contribution in [1.29, 1.82) is 0 Å². The molecule has 7 nitrogen and oxygen atoms in total. The number of nitrogens with zero attached hydrogens (tertiary/aromatic N) is 4. The number of para-hydroxylation sites is 1. The zero-order chi connectivity index (χ0) is 17.8. The second-order valence-corrected chi connectivity index (χ2v) is 7.00. The third-order valence-electron chi connectivity index (χ3n) is 3.42. The minimum Gasteiger partial charge on any atom is -0.493 e. The van der Waals surface area contributed by atoms with Crippen molar-refractivity contribution < 1.29 is 13.7 Å². The Bertz CT molecular complexity index is 831. The maximum atomic E-state index is 5.77. The van der Waals surface area contributed by atoms with Gasteiger partial charge in [0.25, 0.3) is 11.1 Å². The summed E-state index contributed by atoms with van der Waals surface area (Å²) >= 11 is 1.38. The monoisotopic (exact) mass is 360 g/mol. The van der Waals surface area contributed by atoms with Crippen molar-refractivity contribution in [3.63, 3.8) is 0 Å². The highest BCUT2D eigenvalue weighted by Crippen LogP contribution is 2.36. The van der Waals surface area contributed by atoms with E-state index in [1.54, 1.807) is 0 Å². The van der Waals surface area contributed by atoms with Gasteiger partial charge in [0, 0.05) is 5.92 Å². The first-order valence-electron chi connectivity index (χ1n) is 8.14. The Morgan fingerprint density at radius 2 is 1.96 bits per heavy atom. The van der Waals surface area contributed by atoms with E-state index >= 15 is 0 Å². The molecule has 2 heterocycles. The number of aromatic nitrogens is 4. The molecule has 8 heteroatoms. The second-order valence-electron chi connectivity index (χ2n) is 5.71. The summed E-state index contributed by atoms with van der Waals surface area (Å²) in [5, 5.41) is 12.6. The molecule has 1 aromatic carbocycles. The van der Waals surface area contributed by atoms with E-state index in [0.717, 1.165) is 11.3 Å². The Morgan fingerprint density at radius 1 is 1.16 bits per heavy atom. The normalized spacial score (nSPS) is 12.5. The molecule has 3 rings (SSSR count). The van der Waals surface area contributed by atoms with Crippen LogP contribution in [0.4, 0.5) is 0 Å². The molecule has 0 bridgehead atoms. The molecule has 0 amide bonds. The van der Waals surface area contributed by atoms with Crippen LogP contribution in [0, 0.1) is 0 Å². The van der Waals surface area contributed by atoms with Gasteiger partial charge >= 0.3 is 0 Å². The molecular weight excluding hydrogens is 340 g/mol. The number of hydrogen-bond acceptors (Lipinski definition) is 8. The molecule has 1 atom stereocenters. The van der Waals surface area contributed by atoms with Gasteiger partial charge in [0.1, 0.15) is 5.75 Å². The van der Waals surface area contributed by atoms with Crippen LogP contribution < -0.4 is 4.74 Å². The molecule has 0 aliphatic rings.